The Labute approximate surface area is 87.3 Å². The molecule has 3 nitrogen and oxygen atoms in total. The summed E-state index contributed by atoms with van der Waals surface area (Å²) in [6.07, 6.45) is 0.886. The first kappa shape index (κ1) is 10.9. The molecule has 0 aliphatic carbocycles. The molecule has 0 atom stereocenters. The Kier molecular flexibility index (Phi) is 3.77. The fourth-order valence-electron chi connectivity index (χ4n) is 0.963. The minimum absolute atomic E-state index is 0.166. The predicted octanol–water partition coefficient (Wildman–Crippen LogP) is 2.83. The molecule has 0 heterocycles. The Morgan fingerprint density at radius 1 is 1.57 bits per heavy atom. The highest BCUT2D eigenvalue weighted by Gasteiger charge is 2.07. The van der Waals surface area contributed by atoms with Crippen molar-refractivity contribution in [3.63, 3.8) is 0 Å². The number of ether oxygens (including phenoxy) is 1. The summed E-state index contributed by atoms with van der Waals surface area (Å²) in [5.41, 5.74) is 0.166. The molecule has 0 saturated heterocycles. The summed E-state index contributed by atoms with van der Waals surface area (Å²) in [5.74, 6) is -0.465. The van der Waals surface area contributed by atoms with Crippen LogP contribution < -0.4 is 4.74 Å². The van der Waals surface area contributed by atoms with E-state index in [1.807, 2.05) is 6.92 Å². The molecule has 0 spiro atoms. The zero-order chi connectivity index (χ0) is 10.6. The Hall–Kier alpha value is -1.22. The van der Waals surface area contributed by atoms with Crippen LogP contribution in [0, 0.1) is 0 Å². The lowest BCUT2D eigenvalue weighted by atomic mass is 10.2. The van der Waals surface area contributed by atoms with E-state index in [9.17, 15) is 4.79 Å². The Morgan fingerprint density at radius 3 is 2.79 bits per heavy atom. The van der Waals surface area contributed by atoms with Crippen molar-refractivity contribution >= 4 is 17.6 Å². The van der Waals surface area contributed by atoms with Crippen LogP contribution in [0.4, 0.5) is 0 Å². The molecule has 0 saturated carbocycles. The summed E-state index contributed by atoms with van der Waals surface area (Å²) in [7, 11) is 0. The molecule has 0 unspecified atom stereocenters. The van der Waals surface area contributed by atoms with Gasteiger partial charge in [0.15, 0.2) is 0 Å². The number of carbonyl (C=O) groups is 1. The summed E-state index contributed by atoms with van der Waals surface area (Å²) >= 11 is 5.82. The van der Waals surface area contributed by atoms with Crippen molar-refractivity contribution in [2.45, 2.75) is 13.3 Å². The van der Waals surface area contributed by atoms with Gasteiger partial charge in [0.05, 0.1) is 17.2 Å². The Morgan fingerprint density at radius 2 is 2.29 bits per heavy atom. The SMILES string of the molecule is CCCOc1ccc(C(=O)O)cc1Cl. The maximum absolute atomic E-state index is 10.6. The average molecular weight is 215 g/mol. The maximum Gasteiger partial charge on any atom is 0.335 e. The largest absolute Gasteiger partial charge is 0.492 e. The molecule has 1 aromatic carbocycles. The third-order valence-corrected chi connectivity index (χ3v) is 1.94. The molecule has 1 N–H and O–H groups in total. The first-order chi connectivity index (χ1) is 6.65. The Balaban J connectivity index is 2.84. The zero-order valence-electron chi connectivity index (χ0n) is 7.79. The van der Waals surface area contributed by atoms with E-state index in [0.717, 1.165) is 6.42 Å². The summed E-state index contributed by atoms with van der Waals surface area (Å²) < 4.78 is 5.30. The van der Waals surface area contributed by atoms with Crippen molar-refractivity contribution < 1.29 is 14.6 Å². The van der Waals surface area contributed by atoms with Crippen molar-refractivity contribution in [3.8, 4) is 5.75 Å². The third kappa shape index (κ3) is 2.64. The molecule has 0 radical (unpaired) electrons. The molecule has 0 fully saturated rings. The van der Waals surface area contributed by atoms with Gasteiger partial charge in [0.2, 0.25) is 0 Å². The van der Waals surface area contributed by atoms with Crippen LogP contribution in [0.25, 0.3) is 0 Å². The van der Waals surface area contributed by atoms with Gasteiger partial charge in [0, 0.05) is 0 Å². The van der Waals surface area contributed by atoms with Gasteiger partial charge in [-0.25, -0.2) is 4.79 Å². The van der Waals surface area contributed by atoms with Gasteiger partial charge in [-0.3, -0.25) is 0 Å². The number of aromatic carboxylic acids is 1. The second kappa shape index (κ2) is 4.86. The molecule has 0 aliphatic heterocycles. The highest BCUT2D eigenvalue weighted by atomic mass is 35.5. The van der Waals surface area contributed by atoms with Gasteiger partial charge in [0.1, 0.15) is 5.75 Å². The minimum Gasteiger partial charge on any atom is -0.492 e. The number of hydrogen-bond donors (Lipinski definition) is 1. The molecule has 0 aromatic heterocycles. The molecule has 0 amide bonds. The summed E-state index contributed by atoms with van der Waals surface area (Å²) in [4.78, 5) is 10.6. The van der Waals surface area contributed by atoms with E-state index >= 15 is 0 Å². The second-order valence-corrected chi connectivity index (χ2v) is 3.21. The summed E-state index contributed by atoms with van der Waals surface area (Å²) in [5, 5.41) is 9.01. The van der Waals surface area contributed by atoms with Crippen LogP contribution in [0.3, 0.4) is 0 Å². The number of benzene rings is 1. The predicted molar refractivity (Wildman–Crippen MR) is 54.2 cm³/mol. The van der Waals surface area contributed by atoms with E-state index in [1.165, 1.54) is 12.1 Å². The quantitative estimate of drug-likeness (QED) is 0.839. The van der Waals surface area contributed by atoms with Crippen molar-refractivity contribution in [1.82, 2.24) is 0 Å². The fraction of sp³-hybridized carbons (Fsp3) is 0.300. The molecule has 0 aliphatic rings. The number of carboxylic acids is 1. The van der Waals surface area contributed by atoms with E-state index < -0.39 is 5.97 Å². The topological polar surface area (TPSA) is 46.5 Å². The van der Waals surface area contributed by atoms with Gasteiger partial charge in [-0.1, -0.05) is 18.5 Å². The van der Waals surface area contributed by atoms with Gasteiger partial charge in [0.25, 0.3) is 0 Å². The van der Waals surface area contributed by atoms with Crippen molar-refractivity contribution in [2.24, 2.45) is 0 Å². The fourth-order valence-corrected chi connectivity index (χ4v) is 1.20. The monoisotopic (exact) mass is 214 g/mol. The van der Waals surface area contributed by atoms with Crippen molar-refractivity contribution in [2.75, 3.05) is 6.61 Å². The molecule has 1 aromatic rings. The van der Waals surface area contributed by atoms with Gasteiger partial charge >= 0.3 is 5.97 Å². The van der Waals surface area contributed by atoms with Crippen LogP contribution in [0.1, 0.15) is 23.7 Å². The second-order valence-electron chi connectivity index (χ2n) is 2.80. The minimum atomic E-state index is -0.992. The number of carboxylic acid groups (broad SMARTS) is 1. The van der Waals surface area contributed by atoms with Crippen LogP contribution in [0.15, 0.2) is 18.2 Å². The van der Waals surface area contributed by atoms with Crippen LogP contribution >= 0.6 is 11.6 Å². The maximum atomic E-state index is 10.6. The lowest BCUT2D eigenvalue weighted by molar-refractivity contribution is 0.0697. The number of rotatable bonds is 4. The molecular weight excluding hydrogens is 204 g/mol. The highest BCUT2D eigenvalue weighted by molar-refractivity contribution is 6.32. The van der Waals surface area contributed by atoms with E-state index in [2.05, 4.69) is 0 Å². The van der Waals surface area contributed by atoms with Gasteiger partial charge in [-0.05, 0) is 24.6 Å². The molecule has 14 heavy (non-hydrogen) atoms. The lowest BCUT2D eigenvalue weighted by Gasteiger charge is -2.06. The summed E-state index contributed by atoms with van der Waals surface area (Å²) in [6.45, 7) is 2.56. The lowest BCUT2D eigenvalue weighted by Crippen LogP contribution is -1.99. The average Bonchev–Trinajstić information content (AvgIpc) is 2.15. The van der Waals surface area contributed by atoms with E-state index in [4.69, 9.17) is 21.4 Å². The van der Waals surface area contributed by atoms with E-state index in [-0.39, 0.29) is 5.56 Å². The van der Waals surface area contributed by atoms with Crippen molar-refractivity contribution in [1.29, 1.82) is 0 Å². The van der Waals surface area contributed by atoms with E-state index in [1.54, 1.807) is 6.07 Å². The summed E-state index contributed by atoms with van der Waals surface area (Å²) in [6, 6.07) is 4.43. The first-order valence-electron chi connectivity index (χ1n) is 4.30. The third-order valence-electron chi connectivity index (χ3n) is 1.64. The van der Waals surface area contributed by atoms with Crippen LogP contribution in [-0.4, -0.2) is 17.7 Å². The number of hydrogen-bond acceptors (Lipinski definition) is 2. The number of halogens is 1. The highest BCUT2D eigenvalue weighted by Crippen LogP contribution is 2.25. The van der Waals surface area contributed by atoms with Gasteiger partial charge in [-0.15, -0.1) is 0 Å². The molecular formula is C10H11ClO3. The first-order valence-corrected chi connectivity index (χ1v) is 4.68. The molecule has 0 bridgehead atoms. The standard InChI is InChI=1S/C10H11ClO3/c1-2-5-14-9-4-3-7(10(12)13)6-8(9)11/h3-4,6H,2,5H2,1H3,(H,12,13). The molecule has 1 rings (SSSR count). The van der Waals surface area contributed by atoms with Crippen LogP contribution in [0.2, 0.25) is 5.02 Å². The molecule has 4 heteroatoms. The van der Waals surface area contributed by atoms with Gasteiger partial charge in [-0.2, -0.15) is 0 Å². The van der Waals surface area contributed by atoms with Crippen LogP contribution in [0.5, 0.6) is 5.75 Å². The normalized spacial score (nSPS) is 9.86. The zero-order valence-corrected chi connectivity index (χ0v) is 8.54. The van der Waals surface area contributed by atoms with Gasteiger partial charge < -0.3 is 9.84 Å². The molecule has 76 valence electrons. The van der Waals surface area contributed by atoms with E-state index in [0.29, 0.717) is 17.4 Å². The Bertz CT molecular complexity index is 336. The van der Waals surface area contributed by atoms with Crippen LogP contribution in [-0.2, 0) is 0 Å². The van der Waals surface area contributed by atoms with Crippen molar-refractivity contribution in [3.05, 3.63) is 28.8 Å². The smallest absolute Gasteiger partial charge is 0.335 e.